The maximum atomic E-state index is 12.7. The van der Waals surface area contributed by atoms with E-state index in [0.29, 0.717) is 32.2 Å². The molecule has 1 fully saturated rings. The predicted octanol–water partition coefficient (Wildman–Crippen LogP) is 1.20. The molecule has 30 heavy (non-hydrogen) atoms. The Hall–Kier alpha value is -2.42. The van der Waals surface area contributed by atoms with Crippen LogP contribution >= 0.6 is 46.2 Å². The van der Waals surface area contributed by atoms with Gasteiger partial charge in [-0.2, -0.15) is 0 Å². The van der Waals surface area contributed by atoms with E-state index in [-0.39, 0.29) is 12.1 Å². The Morgan fingerprint density at radius 2 is 2.23 bits per heavy atom. The van der Waals surface area contributed by atoms with Crippen LogP contribution in [0.4, 0.5) is 5.13 Å². The topological polar surface area (TPSA) is 142 Å². The number of hydrogen-bond acceptors (Lipinski definition) is 10. The maximum Gasteiger partial charge on any atom is 0.353 e. The first kappa shape index (κ1) is 20.8. The van der Waals surface area contributed by atoms with E-state index in [2.05, 4.69) is 20.6 Å². The van der Waals surface area contributed by atoms with Crippen molar-refractivity contribution in [2.75, 3.05) is 11.1 Å². The normalized spacial score (nSPS) is 20.4. The molecule has 2 aliphatic rings. The van der Waals surface area contributed by atoms with E-state index >= 15 is 0 Å². The standard InChI is InChI=1S/C16H13N5O5S4/c22-6-18-15-19-7(4-29-15)3-9(23)20-10-12(24)21-11(14(25)26)8(5-28-13(10)21)30-16-17-1-2-27-16/h1-2,4,6,10,13H,3,5H2,(H,20,23)(H,25,26)(H,18,19,22)/t10-,13-/m1/s1. The van der Waals surface area contributed by atoms with E-state index in [1.807, 2.05) is 0 Å². The molecule has 4 rings (SSSR count). The van der Waals surface area contributed by atoms with Gasteiger partial charge in [-0.3, -0.25) is 19.3 Å². The second-order valence-corrected chi connectivity index (χ2v) is 10.2. The highest BCUT2D eigenvalue weighted by molar-refractivity contribution is 8.07. The number of rotatable bonds is 8. The van der Waals surface area contributed by atoms with Gasteiger partial charge in [-0.15, -0.1) is 34.4 Å². The molecule has 2 aromatic rings. The Morgan fingerprint density at radius 1 is 1.40 bits per heavy atom. The van der Waals surface area contributed by atoms with Gasteiger partial charge < -0.3 is 15.7 Å². The number of hydrogen-bond donors (Lipinski definition) is 3. The van der Waals surface area contributed by atoms with Gasteiger partial charge in [-0.1, -0.05) is 11.8 Å². The first-order valence-electron chi connectivity index (χ1n) is 8.40. The molecule has 0 aliphatic carbocycles. The number of carboxylic acid groups (broad SMARTS) is 1. The number of aliphatic carboxylic acids is 1. The molecule has 4 heterocycles. The number of nitrogens with zero attached hydrogens (tertiary/aromatic N) is 3. The molecule has 3 amide bonds. The van der Waals surface area contributed by atoms with Crippen LogP contribution in [0.2, 0.25) is 0 Å². The van der Waals surface area contributed by atoms with E-state index in [0.717, 1.165) is 0 Å². The number of carboxylic acids is 1. The van der Waals surface area contributed by atoms with Crippen LogP contribution in [0.15, 0.2) is 31.9 Å². The number of thioether (sulfide) groups is 2. The summed E-state index contributed by atoms with van der Waals surface area (Å²) in [6.45, 7) is 0. The van der Waals surface area contributed by atoms with Crippen molar-refractivity contribution in [3.8, 4) is 0 Å². The molecule has 0 radical (unpaired) electrons. The summed E-state index contributed by atoms with van der Waals surface area (Å²) in [7, 11) is 0. The van der Waals surface area contributed by atoms with Gasteiger partial charge in [0.05, 0.1) is 12.1 Å². The van der Waals surface area contributed by atoms with Crippen LogP contribution in [0.1, 0.15) is 5.69 Å². The molecule has 0 saturated carbocycles. The fourth-order valence-electron chi connectivity index (χ4n) is 2.93. The number of anilines is 1. The highest BCUT2D eigenvalue weighted by Crippen LogP contribution is 2.45. The molecule has 2 atom stereocenters. The van der Waals surface area contributed by atoms with Crippen molar-refractivity contribution in [3.05, 3.63) is 33.3 Å². The fraction of sp³-hybridized carbons (Fsp3) is 0.250. The SMILES string of the molecule is O=CNc1nc(CC(=O)N[C@@H]2C(=O)N3C(C(=O)O)=C(Sc4nccs4)CS[C@H]23)cs1. The molecule has 2 aliphatic heterocycles. The number of nitrogens with one attached hydrogen (secondary N) is 2. The van der Waals surface area contributed by atoms with Crippen LogP contribution in [0.3, 0.4) is 0 Å². The quantitative estimate of drug-likeness (QED) is 0.373. The Morgan fingerprint density at radius 3 is 2.93 bits per heavy atom. The van der Waals surface area contributed by atoms with Gasteiger partial charge in [0.1, 0.15) is 17.1 Å². The van der Waals surface area contributed by atoms with Crippen molar-refractivity contribution < 1.29 is 24.3 Å². The van der Waals surface area contributed by atoms with Gasteiger partial charge in [0.25, 0.3) is 5.91 Å². The van der Waals surface area contributed by atoms with Crippen LogP contribution in [-0.4, -0.2) is 61.3 Å². The lowest BCUT2D eigenvalue weighted by atomic mass is 10.0. The van der Waals surface area contributed by atoms with Crippen molar-refractivity contribution in [1.82, 2.24) is 20.2 Å². The highest BCUT2D eigenvalue weighted by atomic mass is 32.2. The van der Waals surface area contributed by atoms with Crippen LogP contribution in [0, 0.1) is 0 Å². The van der Waals surface area contributed by atoms with Crippen molar-refractivity contribution in [2.24, 2.45) is 0 Å². The molecule has 2 aromatic heterocycles. The molecule has 14 heteroatoms. The van der Waals surface area contributed by atoms with Crippen molar-refractivity contribution in [1.29, 1.82) is 0 Å². The Kier molecular flexibility index (Phi) is 6.08. The summed E-state index contributed by atoms with van der Waals surface area (Å²) >= 11 is 5.22. The van der Waals surface area contributed by atoms with Crippen LogP contribution in [0.25, 0.3) is 0 Å². The predicted molar refractivity (Wildman–Crippen MR) is 113 cm³/mol. The number of aromatic nitrogens is 2. The van der Waals surface area contributed by atoms with Crippen LogP contribution in [0.5, 0.6) is 0 Å². The summed E-state index contributed by atoms with van der Waals surface area (Å²) in [5, 5.41) is 18.1. The van der Waals surface area contributed by atoms with Gasteiger partial charge in [-0.05, 0) is 0 Å². The number of carbonyl (C=O) groups is 4. The Balaban J connectivity index is 1.43. The molecule has 0 bridgehead atoms. The molecule has 3 N–H and O–H groups in total. The first-order valence-corrected chi connectivity index (χ1v) is 12.0. The van der Waals surface area contributed by atoms with Gasteiger partial charge in [-0.25, -0.2) is 14.8 Å². The summed E-state index contributed by atoms with van der Waals surface area (Å²) in [6.07, 6.45) is 2.08. The zero-order valence-corrected chi connectivity index (χ0v) is 18.2. The zero-order chi connectivity index (χ0) is 21.3. The van der Waals surface area contributed by atoms with E-state index in [1.165, 1.54) is 51.1 Å². The van der Waals surface area contributed by atoms with Gasteiger partial charge in [0.15, 0.2) is 9.47 Å². The smallest absolute Gasteiger partial charge is 0.353 e. The third-order valence-corrected chi connectivity index (χ3v) is 8.40. The third kappa shape index (κ3) is 4.08. The average molecular weight is 484 g/mol. The molecule has 0 unspecified atom stereocenters. The zero-order valence-electron chi connectivity index (χ0n) is 14.9. The lowest BCUT2D eigenvalue weighted by Crippen LogP contribution is -2.70. The van der Waals surface area contributed by atoms with Gasteiger partial charge in [0.2, 0.25) is 12.3 Å². The number of amides is 3. The number of fused-ring (bicyclic) bond motifs is 1. The van der Waals surface area contributed by atoms with E-state index in [4.69, 9.17) is 0 Å². The minimum atomic E-state index is -1.19. The molecule has 156 valence electrons. The monoisotopic (exact) mass is 483 g/mol. The second-order valence-electron chi connectivity index (χ2n) is 6.01. The molecular weight excluding hydrogens is 470 g/mol. The first-order chi connectivity index (χ1) is 14.5. The third-order valence-electron chi connectivity index (χ3n) is 4.15. The summed E-state index contributed by atoms with van der Waals surface area (Å²) in [5.41, 5.74) is 0.411. The largest absolute Gasteiger partial charge is 0.477 e. The molecule has 0 aromatic carbocycles. The van der Waals surface area contributed by atoms with Crippen molar-refractivity contribution in [3.63, 3.8) is 0 Å². The van der Waals surface area contributed by atoms with E-state index < -0.39 is 29.2 Å². The van der Waals surface area contributed by atoms with Crippen molar-refractivity contribution in [2.45, 2.75) is 22.2 Å². The number of β-lactam (4-membered cyclic amide) rings is 1. The average Bonchev–Trinajstić information content (AvgIpc) is 3.38. The van der Waals surface area contributed by atoms with Crippen molar-refractivity contribution >= 4 is 75.5 Å². The fourth-order valence-corrected chi connectivity index (χ4v) is 6.86. The molecule has 10 nitrogen and oxygen atoms in total. The van der Waals surface area contributed by atoms with Gasteiger partial charge >= 0.3 is 5.97 Å². The summed E-state index contributed by atoms with van der Waals surface area (Å²) in [6, 6.07) is -0.797. The highest BCUT2D eigenvalue weighted by Gasteiger charge is 2.54. The van der Waals surface area contributed by atoms with E-state index in [9.17, 15) is 24.3 Å². The Labute approximate surface area is 186 Å². The molecular formula is C16H13N5O5S4. The lowest BCUT2D eigenvalue weighted by molar-refractivity contribution is -0.150. The number of carbonyl (C=O) groups excluding carboxylic acids is 3. The summed E-state index contributed by atoms with van der Waals surface area (Å²) in [5.74, 6) is -1.65. The Bertz CT molecular complexity index is 1040. The minimum Gasteiger partial charge on any atom is -0.477 e. The van der Waals surface area contributed by atoms with Crippen LogP contribution < -0.4 is 10.6 Å². The maximum absolute atomic E-state index is 12.7. The summed E-state index contributed by atoms with van der Waals surface area (Å²) < 4.78 is 0.701. The van der Waals surface area contributed by atoms with E-state index in [1.54, 1.807) is 17.0 Å². The minimum absolute atomic E-state index is 0.0506. The second kappa shape index (κ2) is 8.75. The summed E-state index contributed by atoms with van der Waals surface area (Å²) in [4.78, 5) is 57.3. The van der Waals surface area contributed by atoms with Gasteiger partial charge in [0, 0.05) is 27.6 Å². The lowest BCUT2D eigenvalue weighted by Gasteiger charge is -2.49. The van der Waals surface area contributed by atoms with Crippen LogP contribution in [-0.2, 0) is 25.6 Å². The number of thiazole rings is 2. The molecule has 0 spiro atoms. The molecule has 1 saturated heterocycles.